The van der Waals surface area contributed by atoms with Crippen LogP contribution in [0.1, 0.15) is 12.5 Å². The maximum atomic E-state index is 12.9. The lowest BCUT2D eigenvalue weighted by atomic mass is 10.2. The Bertz CT molecular complexity index is 902. The number of halogens is 1. The Morgan fingerprint density at radius 1 is 1.14 bits per heavy atom. The van der Waals surface area contributed by atoms with Crippen LogP contribution in [-0.2, 0) is 16.6 Å². The average Bonchev–Trinajstić information content (AvgIpc) is 2.64. The van der Waals surface area contributed by atoms with E-state index < -0.39 is 10.0 Å². The van der Waals surface area contributed by atoms with Crippen LogP contribution in [0.5, 0.6) is 5.75 Å². The van der Waals surface area contributed by atoms with Crippen molar-refractivity contribution in [1.82, 2.24) is 10.6 Å². The lowest BCUT2D eigenvalue weighted by Crippen LogP contribution is -2.41. The Kier molecular flexibility index (Phi) is 7.62. The van der Waals surface area contributed by atoms with Gasteiger partial charge in [0.05, 0.1) is 18.5 Å². The van der Waals surface area contributed by atoms with Gasteiger partial charge in [0.2, 0.25) is 10.0 Å². The highest BCUT2D eigenvalue weighted by molar-refractivity contribution is 7.92. The second-order valence-electron chi connectivity index (χ2n) is 6.22. The summed E-state index contributed by atoms with van der Waals surface area (Å²) in [6.45, 7) is 2.74. The topological polar surface area (TPSA) is 91.8 Å². The molecule has 0 saturated carbocycles. The third kappa shape index (κ3) is 7.43. The van der Waals surface area contributed by atoms with Gasteiger partial charge < -0.3 is 15.4 Å². The summed E-state index contributed by atoms with van der Waals surface area (Å²) >= 11 is 0. The van der Waals surface area contributed by atoms with Crippen LogP contribution in [0.3, 0.4) is 0 Å². The highest BCUT2D eigenvalue weighted by Gasteiger charge is 2.09. The predicted octanol–water partition coefficient (Wildman–Crippen LogP) is 2.33. The third-order valence-electron chi connectivity index (χ3n) is 3.69. The first kappa shape index (κ1) is 21.5. The summed E-state index contributed by atoms with van der Waals surface area (Å²) in [6, 6.07) is 13.0. The van der Waals surface area contributed by atoms with E-state index >= 15 is 0 Å². The molecule has 28 heavy (non-hydrogen) atoms. The second-order valence-corrected chi connectivity index (χ2v) is 7.97. The molecule has 0 aliphatic carbocycles. The number of para-hydroxylation sites is 1. The first-order valence-corrected chi connectivity index (χ1v) is 10.6. The molecular formula is C19H25FN4O3S. The molecule has 2 rings (SSSR count). The van der Waals surface area contributed by atoms with Gasteiger partial charge in [0.25, 0.3) is 0 Å². The summed E-state index contributed by atoms with van der Waals surface area (Å²) in [5, 5.41) is 6.28. The number of sulfonamides is 1. The van der Waals surface area contributed by atoms with Crippen molar-refractivity contribution in [2.75, 3.05) is 24.6 Å². The summed E-state index contributed by atoms with van der Waals surface area (Å²) in [5.74, 6) is 0.816. The zero-order chi connectivity index (χ0) is 20.6. The number of ether oxygens (including phenoxy) is 1. The predicted molar refractivity (Wildman–Crippen MR) is 110 cm³/mol. The largest absolute Gasteiger partial charge is 0.489 e. The SMILES string of the molecule is CN=C(NCc1ccccc1NS(C)(=O)=O)NCC(C)Oc1ccc(F)cc1. The van der Waals surface area contributed by atoms with Crippen LogP contribution in [0.15, 0.2) is 53.5 Å². The number of hydrogen-bond donors (Lipinski definition) is 3. The number of nitrogens with one attached hydrogen (secondary N) is 3. The fourth-order valence-corrected chi connectivity index (χ4v) is 3.00. The molecular weight excluding hydrogens is 383 g/mol. The second kappa shape index (κ2) is 9.93. The lowest BCUT2D eigenvalue weighted by Gasteiger charge is -2.18. The van der Waals surface area contributed by atoms with Crippen LogP contribution in [0.25, 0.3) is 0 Å². The van der Waals surface area contributed by atoms with Crippen molar-refractivity contribution >= 4 is 21.7 Å². The van der Waals surface area contributed by atoms with Crippen LogP contribution < -0.4 is 20.1 Å². The van der Waals surface area contributed by atoms with Gasteiger partial charge in [-0.3, -0.25) is 9.71 Å². The van der Waals surface area contributed by atoms with Gasteiger partial charge in [-0.15, -0.1) is 0 Å². The van der Waals surface area contributed by atoms with Crippen molar-refractivity contribution in [1.29, 1.82) is 0 Å². The van der Waals surface area contributed by atoms with Crippen molar-refractivity contribution in [3.8, 4) is 5.75 Å². The number of anilines is 1. The molecule has 2 aromatic rings. The molecule has 0 spiro atoms. The van der Waals surface area contributed by atoms with Crippen LogP contribution in [0.2, 0.25) is 0 Å². The molecule has 2 aromatic carbocycles. The van der Waals surface area contributed by atoms with E-state index in [1.807, 2.05) is 19.1 Å². The minimum atomic E-state index is -3.36. The van der Waals surface area contributed by atoms with E-state index in [4.69, 9.17) is 4.74 Å². The summed E-state index contributed by atoms with van der Waals surface area (Å²) in [6.07, 6.45) is 0.934. The molecule has 0 fully saturated rings. The molecule has 0 amide bonds. The van der Waals surface area contributed by atoms with Gasteiger partial charge in [0.1, 0.15) is 17.7 Å². The third-order valence-corrected chi connectivity index (χ3v) is 4.28. The Morgan fingerprint density at radius 2 is 1.82 bits per heavy atom. The number of nitrogens with zero attached hydrogens (tertiary/aromatic N) is 1. The van der Waals surface area contributed by atoms with E-state index in [1.165, 1.54) is 12.1 Å². The summed E-state index contributed by atoms with van der Waals surface area (Å²) in [5.41, 5.74) is 1.30. The highest BCUT2D eigenvalue weighted by atomic mass is 32.2. The van der Waals surface area contributed by atoms with Gasteiger partial charge in [0.15, 0.2) is 5.96 Å². The summed E-state index contributed by atoms with van der Waals surface area (Å²) < 4.78 is 44.1. The number of guanidine groups is 1. The van der Waals surface area contributed by atoms with E-state index in [1.54, 1.807) is 31.3 Å². The first-order chi connectivity index (χ1) is 13.3. The zero-order valence-corrected chi connectivity index (χ0v) is 16.9. The molecule has 1 unspecified atom stereocenters. The number of benzene rings is 2. The number of rotatable bonds is 8. The first-order valence-electron chi connectivity index (χ1n) is 8.69. The average molecular weight is 408 g/mol. The highest BCUT2D eigenvalue weighted by Crippen LogP contribution is 2.16. The maximum Gasteiger partial charge on any atom is 0.229 e. The molecule has 0 aromatic heterocycles. The van der Waals surface area contributed by atoms with Gasteiger partial charge in [-0.25, -0.2) is 12.8 Å². The van der Waals surface area contributed by atoms with E-state index in [2.05, 4.69) is 20.3 Å². The fourth-order valence-electron chi connectivity index (χ4n) is 2.40. The van der Waals surface area contributed by atoms with Crippen molar-refractivity contribution < 1.29 is 17.5 Å². The molecule has 1 atom stereocenters. The van der Waals surface area contributed by atoms with Crippen molar-refractivity contribution in [2.24, 2.45) is 4.99 Å². The van der Waals surface area contributed by atoms with Crippen LogP contribution >= 0.6 is 0 Å². The zero-order valence-electron chi connectivity index (χ0n) is 16.1. The Labute approximate surface area is 165 Å². The Balaban J connectivity index is 1.87. The quantitative estimate of drug-likeness (QED) is 0.461. The van der Waals surface area contributed by atoms with Crippen LogP contribution in [-0.4, -0.2) is 40.3 Å². The summed E-state index contributed by atoms with van der Waals surface area (Å²) in [7, 11) is -1.72. The molecule has 0 radical (unpaired) electrons. The molecule has 9 heteroatoms. The van der Waals surface area contributed by atoms with Crippen LogP contribution in [0, 0.1) is 5.82 Å². The molecule has 0 heterocycles. The van der Waals surface area contributed by atoms with Gasteiger partial charge in [0, 0.05) is 13.6 Å². The molecule has 3 N–H and O–H groups in total. The van der Waals surface area contributed by atoms with Crippen LogP contribution in [0.4, 0.5) is 10.1 Å². The lowest BCUT2D eigenvalue weighted by molar-refractivity contribution is 0.223. The summed E-state index contributed by atoms with van der Waals surface area (Å²) in [4.78, 5) is 4.15. The standard InChI is InChI=1S/C19H25FN4O3S/c1-14(27-17-10-8-16(20)9-11-17)12-22-19(21-2)23-13-15-6-4-5-7-18(15)24-28(3,25)26/h4-11,14,24H,12-13H2,1-3H3,(H2,21,22,23). The number of hydrogen-bond acceptors (Lipinski definition) is 4. The van der Waals surface area contributed by atoms with Gasteiger partial charge in [-0.05, 0) is 42.8 Å². The van der Waals surface area contributed by atoms with E-state index in [9.17, 15) is 12.8 Å². The van der Waals surface area contributed by atoms with Gasteiger partial charge in [-0.1, -0.05) is 18.2 Å². The van der Waals surface area contributed by atoms with E-state index in [0.717, 1.165) is 11.8 Å². The molecule has 0 aliphatic rings. The Morgan fingerprint density at radius 3 is 2.46 bits per heavy atom. The minimum absolute atomic E-state index is 0.178. The van der Waals surface area contributed by atoms with E-state index in [0.29, 0.717) is 30.5 Å². The molecule has 0 bridgehead atoms. The Hall–Kier alpha value is -2.81. The van der Waals surface area contributed by atoms with Crippen molar-refractivity contribution in [3.05, 3.63) is 59.9 Å². The molecule has 7 nitrogen and oxygen atoms in total. The van der Waals surface area contributed by atoms with E-state index in [-0.39, 0.29) is 11.9 Å². The normalized spacial score (nSPS) is 12.9. The van der Waals surface area contributed by atoms with Crippen molar-refractivity contribution in [3.63, 3.8) is 0 Å². The fraction of sp³-hybridized carbons (Fsp3) is 0.316. The molecule has 0 saturated heterocycles. The minimum Gasteiger partial charge on any atom is -0.489 e. The maximum absolute atomic E-state index is 12.9. The molecule has 0 aliphatic heterocycles. The van der Waals surface area contributed by atoms with Gasteiger partial charge in [-0.2, -0.15) is 0 Å². The monoisotopic (exact) mass is 408 g/mol. The van der Waals surface area contributed by atoms with Crippen molar-refractivity contribution in [2.45, 2.75) is 19.6 Å². The number of aliphatic imine (C=N–C) groups is 1. The smallest absolute Gasteiger partial charge is 0.229 e. The molecule has 152 valence electrons. The van der Waals surface area contributed by atoms with Gasteiger partial charge >= 0.3 is 0 Å².